The van der Waals surface area contributed by atoms with Gasteiger partial charge in [-0.25, -0.2) is 4.99 Å². The van der Waals surface area contributed by atoms with E-state index in [9.17, 15) is 0 Å². The second-order valence-corrected chi connectivity index (χ2v) is 4.66. The number of benzene rings is 1. The standard InChI is InChI=1S/C15H21N3O/c1-19-14-9-7-13(8-10-14)18-15(16)17-11-12-5-3-2-4-6-12/h5,7-10H,2-4,6,11H2,1H3,(H3,16,17,18). The van der Waals surface area contributed by atoms with Crippen LogP contribution in [0.25, 0.3) is 0 Å². The Balaban J connectivity index is 1.88. The number of guanidine groups is 1. The van der Waals surface area contributed by atoms with Crippen LogP contribution in [0.2, 0.25) is 0 Å². The second kappa shape index (κ2) is 6.83. The molecule has 0 heterocycles. The molecule has 0 radical (unpaired) electrons. The van der Waals surface area contributed by atoms with Crippen LogP contribution >= 0.6 is 0 Å². The highest BCUT2D eigenvalue weighted by Crippen LogP contribution is 2.17. The number of rotatable bonds is 4. The van der Waals surface area contributed by atoms with E-state index >= 15 is 0 Å². The zero-order chi connectivity index (χ0) is 13.5. The fraction of sp³-hybridized carbons (Fsp3) is 0.400. The van der Waals surface area contributed by atoms with Gasteiger partial charge in [-0.1, -0.05) is 11.6 Å². The molecule has 0 aliphatic heterocycles. The van der Waals surface area contributed by atoms with Crippen molar-refractivity contribution in [2.75, 3.05) is 19.0 Å². The molecular weight excluding hydrogens is 238 g/mol. The maximum atomic E-state index is 5.87. The maximum absolute atomic E-state index is 5.87. The van der Waals surface area contributed by atoms with E-state index in [1.807, 2.05) is 24.3 Å². The Bertz CT molecular complexity index is 463. The van der Waals surface area contributed by atoms with Crippen molar-refractivity contribution in [1.82, 2.24) is 0 Å². The van der Waals surface area contributed by atoms with Gasteiger partial charge in [-0.05, 0) is 49.9 Å². The topological polar surface area (TPSA) is 59.6 Å². The van der Waals surface area contributed by atoms with Gasteiger partial charge in [0.05, 0.1) is 13.7 Å². The molecule has 1 aromatic rings. The number of anilines is 1. The molecule has 19 heavy (non-hydrogen) atoms. The molecule has 1 aliphatic carbocycles. The highest BCUT2D eigenvalue weighted by Gasteiger charge is 2.03. The minimum absolute atomic E-state index is 0.455. The van der Waals surface area contributed by atoms with E-state index in [1.165, 1.54) is 24.8 Å². The lowest BCUT2D eigenvalue weighted by Gasteiger charge is -2.11. The molecule has 0 atom stereocenters. The SMILES string of the molecule is COc1ccc(NC(N)=NCC2=CCCCC2)cc1. The number of aliphatic imine (C=N–C) groups is 1. The first kappa shape index (κ1) is 13.5. The fourth-order valence-corrected chi connectivity index (χ4v) is 2.10. The molecule has 2 rings (SSSR count). The molecule has 0 spiro atoms. The summed E-state index contributed by atoms with van der Waals surface area (Å²) in [5.41, 5.74) is 8.18. The van der Waals surface area contributed by atoms with Crippen molar-refractivity contribution >= 4 is 11.6 Å². The van der Waals surface area contributed by atoms with E-state index in [0.29, 0.717) is 12.5 Å². The van der Waals surface area contributed by atoms with E-state index in [4.69, 9.17) is 10.5 Å². The van der Waals surface area contributed by atoms with E-state index < -0.39 is 0 Å². The highest BCUT2D eigenvalue weighted by atomic mass is 16.5. The lowest BCUT2D eigenvalue weighted by atomic mass is 10.00. The number of nitrogens with zero attached hydrogens (tertiary/aromatic N) is 1. The first-order valence-electron chi connectivity index (χ1n) is 6.67. The van der Waals surface area contributed by atoms with Gasteiger partial charge in [0.15, 0.2) is 5.96 Å². The average molecular weight is 259 g/mol. The van der Waals surface area contributed by atoms with Gasteiger partial charge >= 0.3 is 0 Å². The third-order valence-electron chi connectivity index (χ3n) is 3.20. The Morgan fingerprint density at radius 1 is 1.32 bits per heavy atom. The van der Waals surface area contributed by atoms with Gasteiger partial charge < -0.3 is 15.8 Å². The van der Waals surface area contributed by atoms with E-state index in [0.717, 1.165) is 17.9 Å². The largest absolute Gasteiger partial charge is 0.497 e. The molecule has 102 valence electrons. The number of ether oxygens (including phenoxy) is 1. The van der Waals surface area contributed by atoms with Crippen molar-refractivity contribution in [3.05, 3.63) is 35.9 Å². The zero-order valence-electron chi connectivity index (χ0n) is 11.4. The van der Waals surface area contributed by atoms with Crippen molar-refractivity contribution in [2.24, 2.45) is 10.7 Å². The van der Waals surface area contributed by atoms with Gasteiger partial charge in [-0.3, -0.25) is 0 Å². The van der Waals surface area contributed by atoms with Gasteiger partial charge in [0.1, 0.15) is 5.75 Å². The summed E-state index contributed by atoms with van der Waals surface area (Å²) in [6.45, 7) is 0.703. The third kappa shape index (κ3) is 4.32. The summed E-state index contributed by atoms with van der Waals surface area (Å²) >= 11 is 0. The summed E-state index contributed by atoms with van der Waals surface area (Å²) in [5, 5.41) is 3.08. The lowest BCUT2D eigenvalue weighted by Crippen LogP contribution is -2.23. The zero-order valence-corrected chi connectivity index (χ0v) is 11.4. The van der Waals surface area contributed by atoms with E-state index in [1.54, 1.807) is 7.11 Å². The summed E-state index contributed by atoms with van der Waals surface area (Å²) in [5.74, 6) is 1.28. The van der Waals surface area contributed by atoms with Crippen molar-refractivity contribution in [1.29, 1.82) is 0 Å². The normalized spacial score (nSPS) is 15.8. The van der Waals surface area contributed by atoms with Crippen molar-refractivity contribution < 1.29 is 4.74 Å². The summed E-state index contributed by atoms with van der Waals surface area (Å²) < 4.78 is 5.10. The molecule has 4 heteroatoms. The van der Waals surface area contributed by atoms with E-state index in [2.05, 4.69) is 16.4 Å². The smallest absolute Gasteiger partial charge is 0.193 e. The van der Waals surface area contributed by atoms with Crippen LogP contribution in [0.1, 0.15) is 25.7 Å². The quantitative estimate of drug-likeness (QED) is 0.496. The molecule has 0 aromatic heterocycles. The first-order valence-corrected chi connectivity index (χ1v) is 6.67. The Morgan fingerprint density at radius 3 is 2.74 bits per heavy atom. The predicted molar refractivity (Wildman–Crippen MR) is 79.7 cm³/mol. The molecule has 1 aromatic carbocycles. The summed E-state index contributed by atoms with van der Waals surface area (Å²) in [6.07, 6.45) is 7.18. The number of allylic oxidation sites excluding steroid dienone is 1. The van der Waals surface area contributed by atoms with Crippen molar-refractivity contribution in [2.45, 2.75) is 25.7 Å². The van der Waals surface area contributed by atoms with Gasteiger partial charge in [-0.15, -0.1) is 0 Å². The third-order valence-corrected chi connectivity index (χ3v) is 3.20. The molecule has 0 fully saturated rings. The van der Waals surface area contributed by atoms with Crippen LogP contribution in [0.4, 0.5) is 5.69 Å². The maximum Gasteiger partial charge on any atom is 0.193 e. The molecule has 4 nitrogen and oxygen atoms in total. The minimum atomic E-state index is 0.455. The molecule has 0 unspecified atom stereocenters. The predicted octanol–water partition coefficient (Wildman–Crippen LogP) is 2.92. The lowest BCUT2D eigenvalue weighted by molar-refractivity contribution is 0.415. The number of nitrogens with two attached hydrogens (primary N) is 1. The summed E-state index contributed by atoms with van der Waals surface area (Å²) in [7, 11) is 1.65. The molecule has 0 saturated heterocycles. The van der Waals surface area contributed by atoms with Crippen LogP contribution < -0.4 is 15.8 Å². The highest BCUT2D eigenvalue weighted by molar-refractivity contribution is 5.92. The Kier molecular flexibility index (Phi) is 4.84. The second-order valence-electron chi connectivity index (χ2n) is 4.66. The van der Waals surface area contributed by atoms with E-state index in [-0.39, 0.29) is 0 Å². The Hall–Kier alpha value is -1.97. The van der Waals surface area contributed by atoms with Crippen LogP contribution in [0, 0.1) is 0 Å². The van der Waals surface area contributed by atoms with Crippen LogP contribution in [0.15, 0.2) is 40.9 Å². The molecule has 0 bridgehead atoms. The van der Waals surface area contributed by atoms with Gasteiger partial charge in [-0.2, -0.15) is 0 Å². The first-order chi connectivity index (χ1) is 9.28. The molecule has 0 saturated carbocycles. The number of nitrogens with one attached hydrogen (secondary N) is 1. The molecular formula is C15H21N3O. The van der Waals surface area contributed by atoms with Crippen LogP contribution in [-0.2, 0) is 0 Å². The minimum Gasteiger partial charge on any atom is -0.497 e. The molecule has 0 amide bonds. The Morgan fingerprint density at radius 2 is 2.11 bits per heavy atom. The Labute approximate surface area is 114 Å². The average Bonchev–Trinajstić information content (AvgIpc) is 2.47. The van der Waals surface area contributed by atoms with Crippen LogP contribution in [0.3, 0.4) is 0 Å². The van der Waals surface area contributed by atoms with Gasteiger partial charge in [0.2, 0.25) is 0 Å². The molecule has 3 N–H and O–H groups in total. The number of hydrogen-bond acceptors (Lipinski definition) is 2. The van der Waals surface area contributed by atoms with Gasteiger partial charge in [0, 0.05) is 5.69 Å². The number of hydrogen-bond donors (Lipinski definition) is 2. The summed E-state index contributed by atoms with van der Waals surface area (Å²) in [6, 6.07) is 7.61. The number of methoxy groups -OCH3 is 1. The summed E-state index contributed by atoms with van der Waals surface area (Å²) in [4.78, 5) is 4.37. The monoisotopic (exact) mass is 259 g/mol. The van der Waals surface area contributed by atoms with Crippen molar-refractivity contribution in [3.63, 3.8) is 0 Å². The fourth-order valence-electron chi connectivity index (χ4n) is 2.10. The van der Waals surface area contributed by atoms with Gasteiger partial charge in [0.25, 0.3) is 0 Å². The van der Waals surface area contributed by atoms with Crippen molar-refractivity contribution in [3.8, 4) is 5.75 Å². The van der Waals surface area contributed by atoms with Crippen LogP contribution in [-0.4, -0.2) is 19.6 Å². The van der Waals surface area contributed by atoms with Crippen LogP contribution in [0.5, 0.6) is 5.75 Å². The molecule has 1 aliphatic rings.